The number of thioether (sulfide) groups is 1. The van der Waals surface area contributed by atoms with Crippen molar-refractivity contribution in [3.63, 3.8) is 0 Å². The molecule has 1 unspecified atom stereocenters. The van der Waals surface area contributed by atoms with E-state index in [2.05, 4.69) is 6.92 Å². The molecule has 0 aliphatic carbocycles. The van der Waals surface area contributed by atoms with Gasteiger partial charge >= 0.3 is 0 Å². The first-order valence-electron chi connectivity index (χ1n) is 5.71. The molecule has 2 nitrogen and oxygen atoms in total. The standard InChI is InChI=1S/C13H17FO2S/c1-10(11-2-4-12(14)5-3-11)17-9-13(6-15)7-16-8-13/h2-5,10,15H,6-9H2,1H3. The van der Waals surface area contributed by atoms with Crippen molar-refractivity contribution in [2.45, 2.75) is 12.2 Å². The minimum absolute atomic E-state index is 0.0566. The molecule has 0 spiro atoms. The van der Waals surface area contributed by atoms with Gasteiger partial charge in [0.05, 0.1) is 19.8 Å². The lowest BCUT2D eigenvalue weighted by Gasteiger charge is -2.40. The van der Waals surface area contributed by atoms with E-state index in [1.807, 2.05) is 12.1 Å². The Hall–Kier alpha value is -0.580. The van der Waals surface area contributed by atoms with E-state index in [0.717, 1.165) is 11.3 Å². The number of aliphatic hydroxyl groups is 1. The quantitative estimate of drug-likeness (QED) is 0.878. The molecule has 4 heteroatoms. The molecule has 94 valence electrons. The van der Waals surface area contributed by atoms with Crippen LogP contribution in [-0.2, 0) is 4.74 Å². The third-order valence-electron chi connectivity index (χ3n) is 3.13. The smallest absolute Gasteiger partial charge is 0.123 e. The maximum Gasteiger partial charge on any atom is 0.123 e. The van der Waals surface area contributed by atoms with Crippen molar-refractivity contribution in [1.82, 2.24) is 0 Å². The lowest BCUT2D eigenvalue weighted by atomic mass is 9.90. The Balaban J connectivity index is 1.88. The van der Waals surface area contributed by atoms with E-state index >= 15 is 0 Å². The van der Waals surface area contributed by atoms with E-state index in [4.69, 9.17) is 4.74 Å². The fourth-order valence-corrected chi connectivity index (χ4v) is 2.95. The molecule has 0 bridgehead atoms. The third-order valence-corrected chi connectivity index (χ3v) is 4.68. The van der Waals surface area contributed by atoms with Crippen LogP contribution in [0.4, 0.5) is 4.39 Å². The average molecular weight is 256 g/mol. The predicted octanol–water partition coefficient (Wildman–Crippen LogP) is 2.63. The van der Waals surface area contributed by atoms with Gasteiger partial charge in [0.2, 0.25) is 0 Å². The van der Waals surface area contributed by atoms with Crippen molar-refractivity contribution in [1.29, 1.82) is 0 Å². The zero-order valence-electron chi connectivity index (χ0n) is 9.86. The second-order valence-electron chi connectivity index (χ2n) is 4.66. The van der Waals surface area contributed by atoms with Crippen molar-refractivity contribution in [2.24, 2.45) is 5.41 Å². The number of halogens is 1. The second-order valence-corrected chi connectivity index (χ2v) is 5.98. The highest BCUT2D eigenvalue weighted by Crippen LogP contribution is 2.37. The van der Waals surface area contributed by atoms with Gasteiger partial charge in [-0.3, -0.25) is 0 Å². The van der Waals surface area contributed by atoms with Gasteiger partial charge in [-0.2, -0.15) is 11.8 Å². The first-order chi connectivity index (χ1) is 8.15. The summed E-state index contributed by atoms with van der Waals surface area (Å²) in [6.07, 6.45) is 0. The molecule has 0 radical (unpaired) electrons. The van der Waals surface area contributed by atoms with Crippen LogP contribution in [-0.4, -0.2) is 30.7 Å². The highest BCUT2D eigenvalue weighted by Gasteiger charge is 2.38. The molecule has 1 aromatic rings. The molecule has 1 aliphatic rings. The largest absolute Gasteiger partial charge is 0.396 e. The van der Waals surface area contributed by atoms with Gasteiger partial charge < -0.3 is 9.84 Å². The summed E-state index contributed by atoms with van der Waals surface area (Å²) < 4.78 is 17.9. The minimum atomic E-state index is -0.204. The van der Waals surface area contributed by atoms with E-state index in [-0.39, 0.29) is 17.8 Å². The SMILES string of the molecule is CC(SCC1(CO)COC1)c1ccc(F)cc1. The Morgan fingerprint density at radius 2 is 2.06 bits per heavy atom. The first kappa shape index (κ1) is 12.9. The van der Waals surface area contributed by atoms with Crippen LogP contribution in [0.25, 0.3) is 0 Å². The van der Waals surface area contributed by atoms with E-state index < -0.39 is 0 Å². The number of ether oxygens (including phenoxy) is 1. The molecule has 0 amide bonds. The summed E-state index contributed by atoms with van der Waals surface area (Å²) in [5, 5.41) is 9.62. The molecule has 17 heavy (non-hydrogen) atoms. The summed E-state index contributed by atoms with van der Waals surface area (Å²) >= 11 is 1.78. The van der Waals surface area contributed by atoms with Crippen molar-refractivity contribution < 1.29 is 14.2 Å². The normalized spacial score (nSPS) is 19.7. The van der Waals surface area contributed by atoms with Crippen LogP contribution >= 0.6 is 11.8 Å². The fraction of sp³-hybridized carbons (Fsp3) is 0.538. The molecule has 0 aromatic heterocycles. The van der Waals surface area contributed by atoms with Crippen molar-refractivity contribution in [2.75, 3.05) is 25.6 Å². The summed E-state index contributed by atoms with van der Waals surface area (Å²) in [6, 6.07) is 6.60. The molecular weight excluding hydrogens is 239 g/mol. The number of benzene rings is 1. The van der Waals surface area contributed by atoms with Crippen LogP contribution in [0, 0.1) is 11.2 Å². The highest BCUT2D eigenvalue weighted by atomic mass is 32.2. The van der Waals surface area contributed by atoms with Crippen molar-refractivity contribution in [3.05, 3.63) is 35.6 Å². The molecule has 1 N–H and O–H groups in total. The second kappa shape index (κ2) is 5.38. The average Bonchev–Trinajstić information content (AvgIpc) is 2.29. The Kier molecular flexibility index (Phi) is 4.07. The number of hydrogen-bond donors (Lipinski definition) is 1. The Bertz CT molecular complexity index is 357. The highest BCUT2D eigenvalue weighted by molar-refractivity contribution is 7.99. The van der Waals surface area contributed by atoms with Crippen LogP contribution in [0.15, 0.2) is 24.3 Å². The fourth-order valence-electron chi connectivity index (χ4n) is 1.74. The van der Waals surface area contributed by atoms with Crippen LogP contribution in [0.2, 0.25) is 0 Å². The zero-order chi connectivity index (χ0) is 12.3. The van der Waals surface area contributed by atoms with Gasteiger partial charge in [-0.25, -0.2) is 4.39 Å². The lowest BCUT2D eigenvalue weighted by molar-refractivity contribution is -0.121. The van der Waals surface area contributed by atoms with Crippen LogP contribution in [0.5, 0.6) is 0 Å². The van der Waals surface area contributed by atoms with Crippen LogP contribution < -0.4 is 0 Å². The number of aliphatic hydroxyl groups excluding tert-OH is 1. The van der Waals surface area contributed by atoms with Gasteiger partial charge in [-0.05, 0) is 24.6 Å². The lowest BCUT2D eigenvalue weighted by Crippen LogP contribution is -2.47. The van der Waals surface area contributed by atoms with Gasteiger partial charge in [-0.1, -0.05) is 12.1 Å². The van der Waals surface area contributed by atoms with Gasteiger partial charge in [0, 0.05) is 16.4 Å². The molecule has 1 aliphatic heterocycles. The first-order valence-corrected chi connectivity index (χ1v) is 6.76. The molecule has 1 atom stereocenters. The Labute approximate surface area is 105 Å². The van der Waals surface area contributed by atoms with Crippen molar-refractivity contribution in [3.8, 4) is 0 Å². The Morgan fingerprint density at radius 1 is 1.41 bits per heavy atom. The summed E-state index contributed by atoms with van der Waals surface area (Å²) in [7, 11) is 0. The molecule has 1 saturated heterocycles. The topological polar surface area (TPSA) is 29.5 Å². The summed E-state index contributed by atoms with van der Waals surface area (Å²) in [6.45, 7) is 3.57. The summed E-state index contributed by atoms with van der Waals surface area (Å²) in [5.41, 5.74) is 1.06. The summed E-state index contributed by atoms with van der Waals surface area (Å²) in [5.74, 6) is 0.673. The number of rotatable bonds is 5. The number of hydrogen-bond acceptors (Lipinski definition) is 3. The molecule has 0 saturated carbocycles. The van der Waals surface area contributed by atoms with E-state index in [1.165, 1.54) is 12.1 Å². The molecule has 1 aromatic carbocycles. The van der Waals surface area contributed by atoms with Gasteiger partial charge in [0.15, 0.2) is 0 Å². The Morgan fingerprint density at radius 3 is 2.53 bits per heavy atom. The van der Waals surface area contributed by atoms with Gasteiger partial charge in [0.25, 0.3) is 0 Å². The minimum Gasteiger partial charge on any atom is -0.396 e. The maximum absolute atomic E-state index is 12.8. The van der Waals surface area contributed by atoms with Crippen LogP contribution in [0.3, 0.4) is 0 Å². The maximum atomic E-state index is 12.8. The molecule has 1 fully saturated rings. The van der Waals surface area contributed by atoms with E-state index in [0.29, 0.717) is 18.5 Å². The molecule has 2 rings (SSSR count). The van der Waals surface area contributed by atoms with Crippen molar-refractivity contribution >= 4 is 11.8 Å². The molecular formula is C13H17FO2S. The molecule has 1 heterocycles. The van der Waals surface area contributed by atoms with E-state index in [1.54, 1.807) is 11.8 Å². The van der Waals surface area contributed by atoms with Gasteiger partial charge in [-0.15, -0.1) is 0 Å². The van der Waals surface area contributed by atoms with Gasteiger partial charge in [0.1, 0.15) is 5.82 Å². The summed E-state index contributed by atoms with van der Waals surface area (Å²) in [4.78, 5) is 0. The monoisotopic (exact) mass is 256 g/mol. The zero-order valence-corrected chi connectivity index (χ0v) is 10.7. The predicted molar refractivity (Wildman–Crippen MR) is 67.6 cm³/mol. The van der Waals surface area contributed by atoms with Crippen LogP contribution in [0.1, 0.15) is 17.7 Å². The third kappa shape index (κ3) is 3.00. The van der Waals surface area contributed by atoms with E-state index in [9.17, 15) is 9.50 Å².